The molecule has 0 aliphatic carbocycles. The molecule has 0 aliphatic heterocycles. The molecule has 2 heteroatoms. The second-order valence-corrected chi connectivity index (χ2v) is 4.75. The summed E-state index contributed by atoms with van der Waals surface area (Å²) in [5, 5.41) is 0. The Morgan fingerprint density at radius 1 is 1.00 bits per heavy atom. The zero-order valence-electron chi connectivity index (χ0n) is 11.4. The van der Waals surface area contributed by atoms with E-state index in [0.717, 1.165) is 11.3 Å². The number of nitrogens with one attached hydrogen (secondary N) is 1. The lowest BCUT2D eigenvalue weighted by Crippen LogP contribution is -1.91. The molecule has 0 bridgehead atoms. The number of aromatic nitrogens is 2. The lowest BCUT2D eigenvalue weighted by molar-refractivity contribution is 1.29. The number of nitrogens with zero attached hydrogens (tertiary/aromatic N) is 1. The summed E-state index contributed by atoms with van der Waals surface area (Å²) in [6.07, 6.45) is 5.77. The highest BCUT2D eigenvalue weighted by Gasteiger charge is 2.08. The lowest BCUT2D eigenvalue weighted by Gasteiger charge is -2.09. The Balaban J connectivity index is 2.15. The van der Waals surface area contributed by atoms with Gasteiger partial charge in [-0.25, -0.2) is 4.98 Å². The van der Waals surface area contributed by atoms with Crippen molar-refractivity contribution in [1.29, 1.82) is 0 Å². The number of aryl methyl sites for hydroxylation is 1. The van der Waals surface area contributed by atoms with Crippen LogP contribution in [0.4, 0.5) is 0 Å². The van der Waals surface area contributed by atoms with Crippen molar-refractivity contribution in [3.63, 3.8) is 0 Å². The molecule has 2 aromatic carbocycles. The number of hydrogen-bond donors (Lipinski definition) is 1. The minimum absolute atomic E-state index is 1.03. The van der Waals surface area contributed by atoms with Crippen LogP contribution in [0.5, 0.6) is 0 Å². The van der Waals surface area contributed by atoms with Crippen LogP contribution in [0.15, 0.2) is 67.1 Å². The van der Waals surface area contributed by atoms with Crippen molar-refractivity contribution in [2.45, 2.75) is 6.92 Å². The molecule has 1 aromatic heterocycles. The summed E-state index contributed by atoms with van der Waals surface area (Å²) in [5.74, 6) is 0. The molecule has 3 aromatic rings. The van der Waals surface area contributed by atoms with Gasteiger partial charge in [0.05, 0.1) is 18.2 Å². The number of aromatic amines is 1. The highest BCUT2D eigenvalue weighted by atomic mass is 14.9. The van der Waals surface area contributed by atoms with Crippen LogP contribution in [-0.2, 0) is 0 Å². The molecular weight excluding hydrogens is 244 g/mol. The smallest absolute Gasteiger partial charge is 0.0924 e. The highest BCUT2D eigenvalue weighted by molar-refractivity contribution is 5.90. The average molecular weight is 260 g/mol. The van der Waals surface area contributed by atoms with Crippen LogP contribution in [-0.4, -0.2) is 9.97 Å². The first-order valence-electron chi connectivity index (χ1n) is 6.66. The Labute approximate surface area is 118 Å². The van der Waals surface area contributed by atoms with Crippen LogP contribution >= 0.6 is 0 Å². The van der Waals surface area contributed by atoms with Gasteiger partial charge in [-0.1, -0.05) is 54.6 Å². The number of hydrogen-bond acceptors (Lipinski definition) is 1. The molecular formula is C18H16N2. The van der Waals surface area contributed by atoms with Gasteiger partial charge in [0.15, 0.2) is 0 Å². The highest BCUT2D eigenvalue weighted by Crippen LogP contribution is 2.26. The Bertz CT molecular complexity index is 710. The van der Waals surface area contributed by atoms with Crippen molar-refractivity contribution >= 4 is 11.6 Å². The van der Waals surface area contributed by atoms with E-state index in [1.54, 1.807) is 6.33 Å². The second kappa shape index (κ2) is 5.57. The van der Waals surface area contributed by atoms with Gasteiger partial charge in [0.1, 0.15) is 0 Å². The normalized spacial score (nSPS) is 11.6. The molecule has 0 aliphatic rings. The number of H-pyrrole nitrogens is 1. The predicted molar refractivity (Wildman–Crippen MR) is 83.2 cm³/mol. The summed E-state index contributed by atoms with van der Waals surface area (Å²) in [5.41, 5.74) is 5.85. The molecule has 2 nitrogen and oxygen atoms in total. The molecule has 98 valence electrons. The van der Waals surface area contributed by atoms with Crippen LogP contribution in [0.3, 0.4) is 0 Å². The van der Waals surface area contributed by atoms with Crippen LogP contribution in [0.25, 0.3) is 11.6 Å². The molecule has 0 amide bonds. The van der Waals surface area contributed by atoms with Gasteiger partial charge in [0.25, 0.3) is 0 Å². The largest absolute Gasteiger partial charge is 0.345 e. The molecule has 1 heterocycles. The van der Waals surface area contributed by atoms with Gasteiger partial charge in [-0.15, -0.1) is 0 Å². The molecule has 1 N–H and O–H groups in total. The van der Waals surface area contributed by atoms with Crippen LogP contribution in [0.2, 0.25) is 0 Å². The van der Waals surface area contributed by atoms with Gasteiger partial charge in [-0.2, -0.15) is 0 Å². The molecule has 0 radical (unpaired) electrons. The molecule has 3 rings (SSSR count). The predicted octanol–water partition coefficient (Wildman–Crippen LogP) is 4.31. The lowest BCUT2D eigenvalue weighted by atomic mass is 9.96. The van der Waals surface area contributed by atoms with Gasteiger partial charge in [-0.05, 0) is 29.7 Å². The standard InChI is InChI=1S/C18H16N2/c1-14-7-5-6-10-16(14)17(18-12-19-13-20-18)11-15-8-3-2-4-9-15/h2-13H,1H3,(H,19,20). The number of imidazole rings is 1. The Hall–Kier alpha value is -2.61. The number of rotatable bonds is 3. The minimum atomic E-state index is 1.03. The van der Waals surface area contributed by atoms with Crippen LogP contribution in [0.1, 0.15) is 22.4 Å². The van der Waals surface area contributed by atoms with Gasteiger partial charge in [0.2, 0.25) is 0 Å². The first-order valence-corrected chi connectivity index (χ1v) is 6.66. The van der Waals surface area contributed by atoms with Crippen molar-refractivity contribution in [1.82, 2.24) is 9.97 Å². The molecule has 0 atom stereocenters. The van der Waals surface area contributed by atoms with Crippen LogP contribution in [0, 0.1) is 6.92 Å². The first-order chi connectivity index (χ1) is 9.84. The van der Waals surface area contributed by atoms with Gasteiger partial charge in [0, 0.05) is 5.57 Å². The third kappa shape index (κ3) is 2.54. The van der Waals surface area contributed by atoms with Gasteiger partial charge < -0.3 is 4.98 Å². The van der Waals surface area contributed by atoms with E-state index in [-0.39, 0.29) is 0 Å². The molecule has 0 saturated heterocycles. The monoisotopic (exact) mass is 260 g/mol. The zero-order valence-corrected chi connectivity index (χ0v) is 11.4. The molecule has 0 unspecified atom stereocenters. The van der Waals surface area contributed by atoms with E-state index in [1.165, 1.54) is 16.7 Å². The summed E-state index contributed by atoms with van der Waals surface area (Å²) in [7, 11) is 0. The SMILES string of the molecule is Cc1ccccc1C(=Cc1ccccc1)c1cnc[nH]1. The quantitative estimate of drug-likeness (QED) is 0.698. The third-order valence-electron chi connectivity index (χ3n) is 3.33. The second-order valence-electron chi connectivity index (χ2n) is 4.75. The van der Waals surface area contributed by atoms with E-state index < -0.39 is 0 Å². The van der Waals surface area contributed by atoms with Gasteiger partial charge >= 0.3 is 0 Å². The van der Waals surface area contributed by atoms with E-state index in [9.17, 15) is 0 Å². The fourth-order valence-corrected chi connectivity index (χ4v) is 2.29. The van der Waals surface area contributed by atoms with E-state index in [4.69, 9.17) is 0 Å². The molecule has 20 heavy (non-hydrogen) atoms. The Morgan fingerprint density at radius 2 is 1.75 bits per heavy atom. The van der Waals surface area contributed by atoms with Crippen molar-refractivity contribution in [3.8, 4) is 0 Å². The zero-order chi connectivity index (χ0) is 13.8. The third-order valence-corrected chi connectivity index (χ3v) is 3.33. The van der Waals surface area contributed by atoms with E-state index in [0.29, 0.717) is 0 Å². The summed E-state index contributed by atoms with van der Waals surface area (Å²) in [4.78, 5) is 7.35. The van der Waals surface area contributed by atoms with Crippen LogP contribution < -0.4 is 0 Å². The number of benzene rings is 2. The molecule has 0 saturated carbocycles. The van der Waals surface area contributed by atoms with Crippen molar-refractivity contribution < 1.29 is 0 Å². The van der Waals surface area contributed by atoms with Crippen molar-refractivity contribution in [3.05, 3.63) is 89.5 Å². The summed E-state index contributed by atoms with van der Waals surface area (Å²) in [6.45, 7) is 2.13. The van der Waals surface area contributed by atoms with Crippen molar-refractivity contribution in [2.75, 3.05) is 0 Å². The Kier molecular flexibility index (Phi) is 3.46. The molecule has 0 fully saturated rings. The minimum Gasteiger partial charge on any atom is -0.345 e. The summed E-state index contributed by atoms with van der Waals surface area (Å²) in [6, 6.07) is 18.7. The average Bonchev–Trinajstić information content (AvgIpc) is 3.01. The summed E-state index contributed by atoms with van der Waals surface area (Å²) < 4.78 is 0. The molecule has 0 spiro atoms. The summed E-state index contributed by atoms with van der Waals surface area (Å²) >= 11 is 0. The first kappa shape index (κ1) is 12.4. The van der Waals surface area contributed by atoms with E-state index in [2.05, 4.69) is 59.4 Å². The van der Waals surface area contributed by atoms with Gasteiger partial charge in [-0.3, -0.25) is 0 Å². The van der Waals surface area contributed by atoms with E-state index >= 15 is 0 Å². The van der Waals surface area contributed by atoms with E-state index in [1.807, 2.05) is 24.4 Å². The maximum atomic E-state index is 4.14. The maximum Gasteiger partial charge on any atom is 0.0924 e. The fraction of sp³-hybridized carbons (Fsp3) is 0.0556. The fourth-order valence-electron chi connectivity index (χ4n) is 2.29. The maximum absolute atomic E-state index is 4.14. The topological polar surface area (TPSA) is 28.7 Å². The van der Waals surface area contributed by atoms with Crippen molar-refractivity contribution in [2.24, 2.45) is 0 Å². The Morgan fingerprint density at radius 3 is 2.45 bits per heavy atom.